The van der Waals surface area contributed by atoms with Crippen molar-refractivity contribution in [2.45, 2.75) is 26.7 Å². The molecule has 0 N–H and O–H groups in total. The third-order valence-corrected chi connectivity index (χ3v) is 5.10. The molecule has 2 aromatic carbocycles. The zero-order chi connectivity index (χ0) is 23.3. The molecule has 0 radical (unpaired) electrons. The Hall–Kier alpha value is -3.81. The van der Waals surface area contributed by atoms with Crippen LogP contribution in [-0.2, 0) is 20.7 Å². The fourth-order valence-corrected chi connectivity index (χ4v) is 3.29. The number of carbonyl (C=O) groups is 3. The van der Waals surface area contributed by atoms with E-state index in [9.17, 15) is 18.8 Å². The predicted molar refractivity (Wildman–Crippen MR) is 114 cm³/mol. The van der Waals surface area contributed by atoms with Gasteiger partial charge in [0.15, 0.2) is 12.4 Å². The highest BCUT2D eigenvalue weighted by molar-refractivity contribution is 5.99. The molecular weight excluding hydrogens is 415 g/mol. The average molecular weight is 438 g/mol. The van der Waals surface area contributed by atoms with E-state index in [0.29, 0.717) is 6.42 Å². The standard InChI is InChI=1S/C24H23FN2O5/c1-15-21(12-13-23(29)31-3)16(2)27(26-15)20-10-6-18(7-11-20)24(30)32-14-22(28)17-4-8-19(25)9-5-17/h4-11H,12-14H2,1-3H3. The topological polar surface area (TPSA) is 87.5 Å². The molecule has 0 fully saturated rings. The summed E-state index contributed by atoms with van der Waals surface area (Å²) in [5.74, 6) is -1.79. The number of nitrogens with zero attached hydrogens (tertiary/aromatic N) is 2. The quantitative estimate of drug-likeness (QED) is 0.393. The summed E-state index contributed by atoms with van der Waals surface area (Å²) in [7, 11) is 1.36. The van der Waals surface area contributed by atoms with E-state index in [1.54, 1.807) is 28.9 Å². The Kier molecular flexibility index (Phi) is 7.14. The first kappa shape index (κ1) is 22.9. The maximum Gasteiger partial charge on any atom is 0.338 e. The van der Waals surface area contributed by atoms with E-state index in [2.05, 4.69) is 5.10 Å². The summed E-state index contributed by atoms with van der Waals surface area (Å²) in [6.07, 6.45) is 0.794. The molecule has 3 aromatic rings. The molecule has 0 spiro atoms. The van der Waals surface area contributed by atoms with Gasteiger partial charge in [0.2, 0.25) is 0 Å². The van der Waals surface area contributed by atoms with E-state index < -0.39 is 24.2 Å². The smallest absolute Gasteiger partial charge is 0.338 e. The van der Waals surface area contributed by atoms with Crippen molar-refractivity contribution in [3.63, 3.8) is 0 Å². The molecule has 8 heteroatoms. The number of rotatable bonds is 8. The molecule has 0 aliphatic heterocycles. The second-order valence-corrected chi connectivity index (χ2v) is 7.19. The lowest BCUT2D eigenvalue weighted by molar-refractivity contribution is -0.140. The van der Waals surface area contributed by atoms with E-state index in [4.69, 9.17) is 9.47 Å². The Bertz CT molecular complexity index is 1130. The van der Waals surface area contributed by atoms with Gasteiger partial charge < -0.3 is 9.47 Å². The van der Waals surface area contributed by atoms with Crippen LogP contribution in [0.2, 0.25) is 0 Å². The molecule has 0 saturated carbocycles. The molecule has 0 saturated heterocycles. The number of halogens is 1. The zero-order valence-corrected chi connectivity index (χ0v) is 18.1. The molecule has 1 aromatic heterocycles. The highest BCUT2D eigenvalue weighted by Crippen LogP contribution is 2.20. The lowest BCUT2D eigenvalue weighted by Gasteiger charge is -2.08. The molecule has 32 heavy (non-hydrogen) atoms. The number of carbonyl (C=O) groups excluding carboxylic acids is 3. The Morgan fingerprint density at radius 1 is 0.969 bits per heavy atom. The van der Waals surface area contributed by atoms with Gasteiger partial charge in [-0.2, -0.15) is 5.10 Å². The monoisotopic (exact) mass is 438 g/mol. The van der Waals surface area contributed by atoms with Crippen LogP contribution < -0.4 is 0 Å². The second kappa shape index (κ2) is 10.00. The van der Waals surface area contributed by atoms with E-state index in [1.807, 2.05) is 13.8 Å². The Morgan fingerprint density at radius 3 is 2.22 bits per heavy atom. The average Bonchev–Trinajstić information content (AvgIpc) is 3.09. The van der Waals surface area contributed by atoms with Crippen LogP contribution in [0.25, 0.3) is 5.69 Å². The van der Waals surface area contributed by atoms with Crippen LogP contribution in [0.15, 0.2) is 48.5 Å². The van der Waals surface area contributed by atoms with Gasteiger partial charge in [0, 0.05) is 17.7 Å². The summed E-state index contributed by atoms with van der Waals surface area (Å²) in [6, 6.07) is 11.7. The molecule has 1 heterocycles. The SMILES string of the molecule is COC(=O)CCc1c(C)nn(-c2ccc(C(=O)OCC(=O)c3ccc(F)cc3)cc2)c1C. The number of aryl methyl sites for hydroxylation is 1. The van der Waals surface area contributed by atoms with Crippen molar-refractivity contribution in [2.75, 3.05) is 13.7 Å². The minimum Gasteiger partial charge on any atom is -0.469 e. The van der Waals surface area contributed by atoms with Crippen LogP contribution in [0.3, 0.4) is 0 Å². The predicted octanol–water partition coefficient (Wildman–Crippen LogP) is 3.77. The number of ketones is 1. The Morgan fingerprint density at radius 2 is 1.59 bits per heavy atom. The van der Waals surface area contributed by atoms with Crippen molar-refractivity contribution in [2.24, 2.45) is 0 Å². The Labute approximate surface area is 184 Å². The molecule has 7 nitrogen and oxygen atoms in total. The first-order valence-electron chi connectivity index (χ1n) is 9.98. The van der Waals surface area contributed by atoms with Gasteiger partial charge in [-0.25, -0.2) is 13.9 Å². The van der Waals surface area contributed by atoms with Gasteiger partial charge >= 0.3 is 11.9 Å². The number of esters is 2. The van der Waals surface area contributed by atoms with E-state index in [-0.39, 0.29) is 23.5 Å². The maximum absolute atomic E-state index is 13.0. The summed E-state index contributed by atoms with van der Waals surface area (Å²) in [5.41, 5.74) is 3.98. The van der Waals surface area contributed by atoms with Gasteiger partial charge in [-0.1, -0.05) is 0 Å². The number of ether oxygens (including phenoxy) is 2. The molecule has 3 rings (SSSR count). The van der Waals surface area contributed by atoms with E-state index >= 15 is 0 Å². The van der Waals surface area contributed by atoms with Crippen molar-refractivity contribution in [1.29, 1.82) is 0 Å². The molecule has 0 aliphatic rings. The first-order valence-corrected chi connectivity index (χ1v) is 9.98. The summed E-state index contributed by atoms with van der Waals surface area (Å²) in [4.78, 5) is 35.8. The van der Waals surface area contributed by atoms with Crippen molar-refractivity contribution < 1.29 is 28.2 Å². The van der Waals surface area contributed by atoms with Crippen LogP contribution in [0.4, 0.5) is 4.39 Å². The summed E-state index contributed by atoms with van der Waals surface area (Å²) in [6.45, 7) is 3.35. The van der Waals surface area contributed by atoms with E-state index in [1.165, 1.54) is 31.4 Å². The minimum absolute atomic E-state index is 0.266. The van der Waals surface area contributed by atoms with Crippen LogP contribution in [-0.4, -0.2) is 41.2 Å². The van der Waals surface area contributed by atoms with Crippen molar-refractivity contribution in [3.8, 4) is 5.69 Å². The van der Waals surface area contributed by atoms with Crippen molar-refractivity contribution >= 4 is 17.7 Å². The number of hydrogen-bond donors (Lipinski definition) is 0. The van der Waals surface area contributed by atoms with Crippen molar-refractivity contribution in [1.82, 2.24) is 9.78 Å². The lowest BCUT2D eigenvalue weighted by atomic mass is 10.1. The third-order valence-electron chi connectivity index (χ3n) is 5.10. The molecular formula is C24H23FN2O5. The molecule has 0 atom stereocenters. The van der Waals surface area contributed by atoms with Gasteiger partial charge in [-0.3, -0.25) is 9.59 Å². The molecule has 0 amide bonds. The lowest BCUT2D eigenvalue weighted by Crippen LogP contribution is -2.14. The summed E-state index contributed by atoms with van der Waals surface area (Å²) in [5, 5.41) is 4.54. The minimum atomic E-state index is -0.640. The van der Waals surface area contributed by atoms with Gasteiger partial charge in [0.05, 0.1) is 24.1 Å². The largest absolute Gasteiger partial charge is 0.469 e. The fraction of sp³-hybridized carbons (Fsp3) is 0.250. The Balaban J connectivity index is 1.65. The van der Waals surface area contributed by atoms with Crippen LogP contribution in [0.5, 0.6) is 0 Å². The number of Topliss-reactive ketones (excluding diaryl/α,β-unsaturated/α-hetero) is 1. The van der Waals surface area contributed by atoms with Gasteiger partial charge in [-0.05, 0) is 74.4 Å². The summed E-state index contributed by atoms with van der Waals surface area (Å²) >= 11 is 0. The normalized spacial score (nSPS) is 10.6. The molecule has 0 unspecified atom stereocenters. The van der Waals surface area contributed by atoms with Gasteiger partial charge in [0.1, 0.15) is 5.82 Å². The molecule has 166 valence electrons. The highest BCUT2D eigenvalue weighted by Gasteiger charge is 2.16. The van der Waals surface area contributed by atoms with E-state index in [0.717, 1.165) is 22.6 Å². The van der Waals surface area contributed by atoms with Crippen LogP contribution in [0.1, 0.15) is 44.1 Å². The maximum atomic E-state index is 13.0. The van der Waals surface area contributed by atoms with Gasteiger partial charge in [-0.15, -0.1) is 0 Å². The number of hydrogen-bond acceptors (Lipinski definition) is 6. The molecule has 0 bridgehead atoms. The van der Waals surface area contributed by atoms with Crippen LogP contribution in [0, 0.1) is 19.7 Å². The number of benzene rings is 2. The van der Waals surface area contributed by atoms with Crippen molar-refractivity contribution in [3.05, 3.63) is 82.4 Å². The fourth-order valence-electron chi connectivity index (χ4n) is 3.29. The third kappa shape index (κ3) is 5.26. The number of aromatic nitrogens is 2. The van der Waals surface area contributed by atoms with Gasteiger partial charge in [0.25, 0.3) is 0 Å². The highest BCUT2D eigenvalue weighted by atomic mass is 19.1. The van der Waals surface area contributed by atoms with Crippen LogP contribution >= 0.6 is 0 Å². The second-order valence-electron chi connectivity index (χ2n) is 7.19. The first-order chi connectivity index (χ1) is 15.3. The zero-order valence-electron chi connectivity index (χ0n) is 18.1. The molecule has 0 aliphatic carbocycles. The summed E-state index contributed by atoms with van der Waals surface area (Å²) < 4.78 is 24.5. The number of methoxy groups -OCH3 is 1.